The zero-order valence-electron chi connectivity index (χ0n) is 16.9. The summed E-state index contributed by atoms with van der Waals surface area (Å²) in [5, 5.41) is 0. The van der Waals surface area contributed by atoms with Crippen molar-refractivity contribution in [3.8, 4) is 23.0 Å². The molecule has 0 saturated carbocycles. The maximum atomic E-state index is 12.9. The fourth-order valence-electron chi connectivity index (χ4n) is 3.91. The average Bonchev–Trinajstić information content (AvgIpc) is 2.99. The Kier molecular flexibility index (Phi) is 5.26. The molecule has 0 unspecified atom stereocenters. The smallest absolute Gasteiger partial charge is 0.340 e. The largest absolute Gasteiger partial charge is 0.456 e. The van der Waals surface area contributed by atoms with Gasteiger partial charge < -0.3 is 18.9 Å². The molecule has 4 rings (SSSR count). The van der Waals surface area contributed by atoms with Crippen LogP contribution in [-0.2, 0) is 15.1 Å². The van der Waals surface area contributed by atoms with Crippen LogP contribution in [0.1, 0.15) is 18.1 Å². The van der Waals surface area contributed by atoms with E-state index in [-0.39, 0.29) is 23.0 Å². The molecule has 0 amide bonds. The van der Waals surface area contributed by atoms with E-state index in [1.54, 1.807) is 37.3 Å². The van der Waals surface area contributed by atoms with E-state index >= 15 is 0 Å². The molecule has 0 atom stereocenters. The highest BCUT2D eigenvalue weighted by molar-refractivity contribution is 6.55. The van der Waals surface area contributed by atoms with Gasteiger partial charge in [0.1, 0.15) is 23.0 Å². The van der Waals surface area contributed by atoms with E-state index in [0.29, 0.717) is 22.3 Å². The maximum absolute atomic E-state index is 12.9. The Morgan fingerprint density at radius 1 is 1.00 bits per heavy atom. The van der Waals surface area contributed by atoms with Crippen LogP contribution in [0.25, 0.3) is 0 Å². The fraction of sp³-hybridized carbons (Fsp3) is 0.0870. The SMILES string of the molecule is [B]C(=O)Oc1ccc2c(c1)Oc1cc(OC([B])=O)ccc1C21OC(=O)C(/C=C\C)=C1C=C. The van der Waals surface area contributed by atoms with Crippen molar-refractivity contribution in [1.82, 2.24) is 0 Å². The molecule has 4 radical (unpaired) electrons. The summed E-state index contributed by atoms with van der Waals surface area (Å²) in [7, 11) is 10.2. The van der Waals surface area contributed by atoms with Crippen molar-refractivity contribution >= 4 is 33.4 Å². The van der Waals surface area contributed by atoms with Crippen molar-refractivity contribution < 1.29 is 33.3 Å². The van der Waals surface area contributed by atoms with E-state index in [0.717, 1.165) is 0 Å². The minimum atomic E-state index is -1.40. The highest BCUT2D eigenvalue weighted by Crippen LogP contribution is 2.57. The van der Waals surface area contributed by atoms with Gasteiger partial charge in [-0.2, -0.15) is 0 Å². The number of carbonyl (C=O) groups is 3. The van der Waals surface area contributed by atoms with Gasteiger partial charge in [0, 0.05) is 28.8 Å². The number of esters is 1. The second-order valence-corrected chi connectivity index (χ2v) is 6.86. The number of fused-ring (bicyclic) bond motifs is 4. The van der Waals surface area contributed by atoms with Gasteiger partial charge in [-0.15, -0.1) is 0 Å². The normalized spacial score (nSPS) is 15.6. The Hall–Kier alpha value is -4.00. The molecule has 2 aromatic rings. The van der Waals surface area contributed by atoms with Gasteiger partial charge in [0.25, 0.3) is 0 Å². The summed E-state index contributed by atoms with van der Waals surface area (Å²) in [6.07, 6.45) is 4.90. The Bertz CT molecular complexity index is 1180. The lowest BCUT2D eigenvalue weighted by atomic mass is 9.77. The van der Waals surface area contributed by atoms with Gasteiger partial charge in [-0.25, -0.2) is 4.79 Å². The minimum absolute atomic E-state index is 0.126. The van der Waals surface area contributed by atoms with Crippen LogP contribution >= 0.6 is 0 Å². The average molecular weight is 424 g/mol. The molecule has 0 N–H and O–H groups in total. The van der Waals surface area contributed by atoms with Crippen molar-refractivity contribution in [3.05, 3.63) is 83.5 Å². The second-order valence-electron chi connectivity index (χ2n) is 6.86. The topological polar surface area (TPSA) is 88.1 Å². The third-order valence-corrected chi connectivity index (χ3v) is 4.99. The molecule has 7 nitrogen and oxygen atoms in total. The van der Waals surface area contributed by atoms with Crippen LogP contribution in [0, 0.1) is 0 Å². The first-order chi connectivity index (χ1) is 15.3. The van der Waals surface area contributed by atoms with E-state index in [4.69, 9.17) is 34.6 Å². The minimum Gasteiger partial charge on any atom is -0.456 e. The van der Waals surface area contributed by atoms with E-state index in [2.05, 4.69) is 6.58 Å². The highest BCUT2D eigenvalue weighted by Gasteiger charge is 2.53. The molecule has 0 bridgehead atoms. The fourth-order valence-corrected chi connectivity index (χ4v) is 3.91. The van der Waals surface area contributed by atoms with Gasteiger partial charge in [0.05, 0.1) is 5.57 Å². The van der Waals surface area contributed by atoms with Crippen molar-refractivity contribution in [3.63, 3.8) is 0 Å². The van der Waals surface area contributed by atoms with Crippen LogP contribution in [0.2, 0.25) is 0 Å². The first kappa shape index (κ1) is 21.2. The summed E-state index contributed by atoms with van der Waals surface area (Å²) in [5.41, 5.74) is 0.392. The van der Waals surface area contributed by atoms with Crippen LogP contribution in [0.4, 0.5) is 9.59 Å². The third-order valence-electron chi connectivity index (χ3n) is 4.99. The van der Waals surface area contributed by atoms with Gasteiger partial charge in [0.15, 0.2) is 5.60 Å². The quantitative estimate of drug-likeness (QED) is 0.542. The van der Waals surface area contributed by atoms with Crippen molar-refractivity contribution in [2.45, 2.75) is 12.5 Å². The molecule has 0 aromatic heterocycles. The molecule has 0 aliphatic carbocycles. The van der Waals surface area contributed by atoms with E-state index < -0.39 is 23.3 Å². The van der Waals surface area contributed by atoms with Crippen molar-refractivity contribution in [2.24, 2.45) is 0 Å². The summed E-state index contributed by atoms with van der Waals surface area (Å²) in [4.78, 5) is 35.2. The first-order valence-electron chi connectivity index (χ1n) is 9.45. The molecule has 154 valence electrons. The Morgan fingerprint density at radius 3 is 1.97 bits per heavy atom. The number of ether oxygens (including phenoxy) is 4. The number of hydrogen-bond acceptors (Lipinski definition) is 7. The van der Waals surface area contributed by atoms with E-state index in [9.17, 15) is 14.4 Å². The van der Waals surface area contributed by atoms with Crippen LogP contribution < -0.4 is 14.2 Å². The summed E-state index contributed by atoms with van der Waals surface area (Å²) < 4.78 is 21.9. The molecule has 9 heteroatoms. The lowest BCUT2D eigenvalue weighted by Gasteiger charge is -2.37. The van der Waals surface area contributed by atoms with E-state index in [1.165, 1.54) is 24.3 Å². The second kappa shape index (κ2) is 7.92. The molecular formula is C23H14B2O7. The monoisotopic (exact) mass is 424 g/mol. The van der Waals surface area contributed by atoms with Gasteiger partial charge in [-0.05, 0) is 31.2 Å². The lowest BCUT2D eigenvalue weighted by Crippen LogP contribution is -2.33. The van der Waals surface area contributed by atoms with E-state index in [1.807, 2.05) is 0 Å². The number of carbonyl (C=O) groups excluding carboxylic acids is 3. The van der Waals surface area contributed by atoms with Crippen LogP contribution in [-0.4, -0.2) is 33.4 Å². The predicted octanol–water partition coefficient (Wildman–Crippen LogP) is 3.99. The van der Waals surface area contributed by atoms with Gasteiger partial charge in [-0.1, -0.05) is 24.8 Å². The molecule has 2 heterocycles. The number of allylic oxidation sites excluding steroid dienone is 1. The van der Waals surface area contributed by atoms with Crippen molar-refractivity contribution in [2.75, 3.05) is 0 Å². The highest BCUT2D eigenvalue weighted by atomic mass is 16.6. The molecule has 2 aliphatic rings. The van der Waals surface area contributed by atoms with Crippen LogP contribution in [0.15, 0.2) is 72.4 Å². The molecule has 1 spiro atoms. The number of hydrogen-bond donors (Lipinski definition) is 0. The molecule has 32 heavy (non-hydrogen) atoms. The predicted molar refractivity (Wildman–Crippen MR) is 115 cm³/mol. The molecule has 0 saturated heterocycles. The maximum Gasteiger partial charge on any atom is 0.340 e. The molecular weight excluding hydrogens is 410 g/mol. The summed E-state index contributed by atoms with van der Waals surface area (Å²) in [6, 6.07) is 9.11. The lowest BCUT2D eigenvalue weighted by molar-refractivity contribution is -0.144. The summed E-state index contributed by atoms with van der Waals surface area (Å²) in [6.45, 7) is 5.66. The van der Waals surface area contributed by atoms with Crippen LogP contribution in [0.5, 0.6) is 23.0 Å². The molecule has 0 fully saturated rings. The third kappa shape index (κ3) is 3.32. The summed E-state index contributed by atoms with van der Waals surface area (Å²) in [5.74, 6) is -1.82. The van der Waals surface area contributed by atoms with Crippen molar-refractivity contribution in [1.29, 1.82) is 0 Å². The van der Waals surface area contributed by atoms with Gasteiger partial charge in [-0.3, -0.25) is 9.59 Å². The number of rotatable bonds is 4. The van der Waals surface area contributed by atoms with Crippen LogP contribution in [0.3, 0.4) is 0 Å². The zero-order chi connectivity index (χ0) is 23.0. The Labute approximate surface area is 186 Å². The Morgan fingerprint density at radius 2 is 1.53 bits per heavy atom. The van der Waals surface area contributed by atoms with Gasteiger partial charge >= 0.3 is 5.97 Å². The standard InChI is InChI=1S/C23H14B2O7/c1-3-5-14-15(4-2)23(32-20(14)26)16-8-6-12(29-21(24)27)10-18(16)31-19-11-13(30-22(25)28)7-9-17(19)23/h3-11H,2H2,1H3/b5-3-. The Balaban J connectivity index is 2.00. The molecule has 2 aromatic carbocycles. The zero-order valence-corrected chi connectivity index (χ0v) is 16.9. The first-order valence-corrected chi connectivity index (χ1v) is 9.45. The number of benzene rings is 2. The van der Waals surface area contributed by atoms with Gasteiger partial charge in [0.2, 0.25) is 27.4 Å². The molecule has 2 aliphatic heterocycles. The summed E-state index contributed by atoms with van der Waals surface area (Å²) >= 11 is 0.